The summed E-state index contributed by atoms with van der Waals surface area (Å²) in [6.07, 6.45) is 6.48. The van der Waals surface area contributed by atoms with Crippen LogP contribution in [0.3, 0.4) is 0 Å². The fraction of sp³-hybridized carbons (Fsp3) is 0.812. The van der Waals surface area contributed by atoms with Gasteiger partial charge in [0.15, 0.2) is 0 Å². The number of nitrogens with zero attached hydrogens (tertiary/aromatic N) is 3. The molecular weight excluding hydrogens is 248 g/mol. The monoisotopic (exact) mass is 278 g/mol. The molecule has 20 heavy (non-hydrogen) atoms. The molecule has 0 bridgehead atoms. The molecule has 2 unspecified atom stereocenters. The lowest BCUT2D eigenvalue weighted by Crippen LogP contribution is -2.57. The van der Waals surface area contributed by atoms with Crippen molar-refractivity contribution in [3.05, 3.63) is 18.2 Å². The molecule has 2 heterocycles. The highest BCUT2D eigenvalue weighted by Crippen LogP contribution is 2.15. The van der Waals surface area contributed by atoms with E-state index in [0.29, 0.717) is 12.1 Å². The number of imidazole rings is 1. The van der Waals surface area contributed by atoms with Crippen LogP contribution in [0.5, 0.6) is 0 Å². The molecule has 0 spiro atoms. The quantitative estimate of drug-likeness (QED) is 0.867. The van der Waals surface area contributed by atoms with Gasteiger partial charge in [-0.2, -0.15) is 0 Å². The summed E-state index contributed by atoms with van der Waals surface area (Å²) in [5.41, 5.74) is 0. The van der Waals surface area contributed by atoms with E-state index in [0.717, 1.165) is 31.4 Å². The Balaban J connectivity index is 1.90. The maximum Gasteiger partial charge on any atom is 0.105 e. The Kier molecular flexibility index (Phi) is 5.61. The molecule has 114 valence electrons. The van der Waals surface area contributed by atoms with E-state index >= 15 is 0 Å². The predicted octanol–water partition coefficient (Wildman–Crippen LogP) is 2.29. The van der Waals surface area contributed by atoms with Gasteiger partial charge in [-0.1, -0.05) is 20.8 Å². The molecule has 1 N–H and O–H groups in total. The van der Waals surface area contributed by atoms with Gasteiger partial charge in [0.25, 0.3) is 0 Å². The molecule has 0 radical (unpaired) electrons. The average Bonchev–Trinajstić information content (AvgIpc) is 2.81. The molecule has 2 rings (SSSR count). The number of rotatable bonds is 6. The summed E-state index contributed by atoms with van der Waals surface area (Å²) in [5, 5.41) is 3.73. The molecular formula is C16H30N4. The highest BCUT2D eigenvalue weighted by Gasteiger charge is 2.26. The van der Waals surface area contributed by atoms with Gasteiger partial charge in [0.2, 0.25) is 0 Å². The highest BCUT2D eigenvalue weighted by atomic mass is 15.2. The zero-order valence-electron chi connectivity index (χ0n) is 13.5. The van der Waals surface area contributed by atoms with E-state index < -0.39 is 0 Å². The minimum absolute atomic E-state index is 0.654. The molecule has 1 fully saturated rings. The SMILES string of the molecule is CCC1CNC(CC(C)C)CN1CCn1ccnc1C. The molecule has 1 aliphatic rings. The Morgan fingerprint density at radius 2 is 2.20 bits per heavy atom. The lowest BCUT2D eigenvalue weighted by atomic mass is 9.99. The molecule has 2 atom stereocenters. The molecule has 0 amide bonds. The molecule has 0 saturated carbocycles. The fourth-order valence-corrected chi connectivity index (χ4v) is 3.21. The lowest BCUT2D eigenvalue weighted by molar-refractivity contribution is 0.114. The highest BCUT2D eigenvalue weighted by molar-refractivity contribution is 4.90. The topological polar surface area (TPSA) is 33.1 Å². The smallest absolute Gasteiger partial charge is 0.105 e. The minimum atomic E-state index is 0.654. The van der Waals surface area contributed by atoms with Crippen molar-refractivity contribution in [1.29, 1.82) is 0 Å². The Bertz CT molecular complexity index is 399. The summed E-state index contributed by atoms with van der Waals surface area (Å²) in [7, 11) is 0. The van der Waals surface area contributed by atoms with Gasteiger partial charge >= 0.3 is 0 Å². The van der Waals surface area contributed by atoms with Crippen LogP contribution in [0.2, 0.25) is 0 Å². The van der Waals surface area contributed by atoms with Gasteiger partial charge in [-0.15, -0.1) is 0 Å². The molecule has 1 aliphatic heterocycles. The third kappa shape index (κ3) is 4.06. The van der Waals surface area contributed by atoms with Gasteiger partial charge in [0.05, 0.1) is 0 Å². The first kappa shape index (κ1) is 15.5. The van der Waals surface area contributed by atoms with Crippen LogP contribution in [0.1, 0.15) is 39.4 Å². The lowest BCUT2D eigenvalue weighted by Gasteiger charge is -2.40. The van der Waals surface area contributed by atoms with Gasteiger partial charge < -0.3 is 9.88 Å². The van der Waals surface area contributed by atoms with Crippen molar-refractivity contribution in [3.63, 3.8) is 0 Å². The zero-order chi connectivity index (χ0) is 14.5. The van der Waals surface area contributed by atoms with E-state index in [1.807, 2.05) is 6.20 Å². The van der Waals surface area contributed by atoms with Crippen molar-refractivity contribution in [2.45, 2.75) is 59.2 Å². The summed E-state index contributed by atoms with van der Waals surface area (Å²) >= 11 is 0. The fourth-order valence-electron chi connectivity index (χ4n) is 3.21. The molecule has 0 aliphatic carbocycles. The van der Waals surface area contributed by atoms with Crippen LogP contribution in [0.25, 0.3) is 0 Å². The summed E-state index contributed by atoms with van der Waals surface area (Å²) in [4.78, 5) is 6.98. The summed E-state index contributed by atoms with van der Waals surface area (Å²) < 4.78 is 2.26. The number of aromatic nitrogens is 2. The maximum absolute atomic E-state index is 4.31. The van der Waals surface area contributed by atoms with E-state index in [-0.39, 0.29) is 0 Å². The van der Waals surface area contributed by atoms with E-state index in [2.05, 4.69) is 53.7 Å². The van der Waals surface area contributed by atoms with Crippen LogP contribution in [-0.4, -0.2) is 46.2 Å². The minimum Gasteiger partial charge on any atom is -0.334 e. The molecule has 1 aromatic heterocycles. The van der Waals surface area contributed by atoms with E-state index in [4.69, 9.17) is 0 Å². The van der Waals surface area contributed by atoms with Crippen molar-refractivity contribution in [2.24, 2.45) is 5.92 Å². The molecule has 0 aromatic carbocycles. The average molecular weight is 278 g/mol. The Hall–Kier alpha value is -0.870. The zero-order valence-corrected chi connectivity index (χ0v) is 13.5. The van der Waals surface area contributed by atoms with Crippen molar-refractivity contribution >= 4 is 0 Å². The van der Waals surface area contributed by atoms with Crippen molar-refractivity contribution < 1.29 is 0 Å². The predicted molar refractivity (Wildman–Crippen MR) is 83.9 cm³/mol. The summed E-state index contributed by atoms with van der Waals surface area (Å²) in [5.74, 6) is 1.88. The van der Waals surface area contributed by atoms with Gasteiger partial charge in [0.1, 0.15) is 5.82 Å². The van der Waals surface area contributed by atoms with Crippen LogP contribution in [0, 0.1) is 12.8 Å². The number of hydrogen-bond acceptors (Lipinski definition) is 3. The number of aryl methyl sites for hydroxylation is 1. The van der Waals surface area contributed by atoms with Gasteiger partial charge in [-0.05, 0) is 25.7 Å². The number of piperazine rings is 1. The second-order valence-electron chi connectivity index (χ2n) is 6.46. The van der Waals surface area contributed by atoms with Crippen LogP contribution >= 0.6 is 0 Å². The summed E-state index contributed by atoms with van der Waals surface area (Å²) in [6, 6.07) is 1.34. The largest absolute Gasteiger partial charge is 0.334 e. The first-order valence-corrected chi connectivity index (χ1v) is 8.05. The number of hydrogen-bond donors (Lipinski definition) is 1. The van der Waals surface area contributed by atoms with E-state index in [9.17, 15) is 0 Å². The Morgan fingerprint density at radius 3 is 2.80 bits per heavy atom. The second kappa shape index (κ2) is 7.23. The first-order chi connectivity index (χ1) is 9.60. The number of nitrogens with one attached hydrogen (secondary N) is 1. The molecule has 1 aromatic rings. The van der Waals surface area contributed by atoms with Crippen molar-refractivity contribution in [3.8, 4) is 0 Å². The molecule has 4 heteroatoms. The van der Waals surface area contributed by atoms with Gasteiger partial charge in [-0.3, -0.25) is 4.90 Å². The maximum atomic E-state index is 4.31. The molecule has 1 saturated heterocycles. The van der Waals surface area contributed by atoms with E-state index in [1.54, 1.807) is 0 Å². The van der Waals surface area contributed by atoms with Crippen LogP contribution < -0.4 is 5.32 Å². The van der Waals surface area contributed by atoms with Gasteiger partial charge in [-0.25, -0.2) is 4.98 Å². The van der Waals surface area contributed by atoms with E-state index in [1.165, 1.54) is 19.4 Å². The Labute approximate surface area is 123 Å². The third-order valence-electron chi connectivity index (χ3n) is 4.39. The summed E-state index contributed by atoms with van der Waals surface area (Å²) in [6.45, 7) is 13.5. The van der Waals surface area contributed by atoms with Gasteiger partial charge in [0, 0.05) is 50.7 Å². The molecule has 4 nitrogen and oxygen atoms in total. The van der Waals surface area contributed by atoms with Crippen LogP contribution in [-0.2, 0) is 6.54 Å². The van der Waals surface area contributed by atoms with Crippen LogP contribution in [0.15, 0.2) is 12.4 Å². The third-order valence-corrected chi connectivity index (χ3v) is 4.39. The normalized spacial score (nSPS) is 24.4. The standard InChI is InChI=1S/C16H30N4/c1-5-16-11-18-15(10-13(2)3)12-20(16)9-8-19-7-6-17-14(19)4/h6-7,13,15-16,18H,5,8-12H2,1-4H3. The van der Waals surface area contributed by atoms with Crippen molar-refractivity contribution in [2.75, 3.05) is 19.6 Å². The first-order valence-electron chi connectivity index (χ1n) is 8.05. The Morgan fingerprint density at radius 1 is 1.40 bits per heavy atom. The van der Waals surface area contributed by atoms with Crippen LogP contribution in [0.4, 0.5) is 0 Å². The van der Waals surface area contributed by atoms with Crippen molar-refractivity contribution in [1.82, 2.24) is 19.8 Å². The second-order valence-corrected chi connectivity index (χ2v) is 6.46.